The van der Waals surface area contributed by atoms with Gasteiger partial charge < -0.3 is 4.90 Å². The number of nitrogens with zero attached hydrogens (tertiary/aromatic N) is 5. The number of thioether (sulfide) groups is 1. The van der Waals surface area contributed by atoms with Gasteiger partial charge in [-0.3, -0.25) is 4.57 Å². The van der Waals surface area contributed by atoms with E-state index >= 15 is 0 Å². The van der Waals surface area contributed by atoms with Gasteiger partial charge in [0.15, 0.2) is 5.16 Å². The van der Waals surface area contributed by atoms with Crippen LogP contribution >= 0.6 is 23.4 Å². The summed E-state index contributed by atoms with van der Waals surface area (Å²) < 4.78 is 1.95. The number of anilines is 1. The topological polar surface area (TPSA) is 57.7 Å². The average molecular weight is 320 g/mol. The van der Waals surface area contributed by atoms with Crippen molar-refractivity contribution < 1.29 is 0 Å². The summed E-state index contributed by atoms with van der Waals surface area (Å²) in [6.07, 6.45) is 2.33. The second kappa shape index (κ2) is 6.37. The monoisotopic (exact) mass is 319 g/mol. The molecule has 1 fully saturated rings. The Morgan fingerprint density at radius 3 is 2.71 bits per heavy atom. The van der Waals surface area contributed by atoms with E-state index in [-0.39, 0.29) is 0 Å². The van der Waals surface area contributed by atoms with Crippen LogP contribution < -0.4 is 4.90 Å². The second-order valence-electron chi connectivity index (χ2n) is 4.71. The van der Waals surface area contributed by atoms with E-state index in [9.17, 15) is 0 Å². The molecule has 1 saturated heterocycles. The van der Waals surface area contributed by atoms with Crippen LogP contribution in [0.1, 0.15) is 12.8 Å². The van der Waals surface area contributed by atoms with Gasteiger partial charge in [-0.1, -0.05) is 35.5 Å². The van der Waals surface area contributed by atoms with Crippen molar-refractivity contribution in [2.45, 2.75) is 18.0 Å². The average Bonchev–Trinajstić information content (AvgIpc) is 3.14. The molecule has 0 amide bonds. The van der Waals surface area contributed by atoms with Gasteiger partial charge >= 0.3 is 0 Å². The zero-order valence-electron chi connectivity index (χ0n) is 11.4. The zero-order chi connectivity index (χ0) is 14.7. The molecule has 0 unspecified atom stereocenters. The summed E-state index contributed by atoms with van der Waals surface area (Å²) in [5.74, 6) is 1.14. The molecule has 2 aromatic rings. The summed E-state index contributed by atoms with van der Waals surface area (Å²) in [7, 11) is 0. The molecule has 0 aliphatic carbocycles. The predicted octanol–water partition coefficient (Wildman–Crippen LogP) is 3.14. The fraction of sp³-hybridized carbons (Fsp3) is 0.357. The molecule has 108 valence electrons. The lowest BCUT2D eigenvalue weighted by atomic mass is 10.3. The van der Waals surface area contributed by atoms with E-state index in [1.807, 2.05) is 28.8 Å². The molecule has 0 atom stereocenters. The molecule has 0 saturated carbocycles. The van der Waals surface area contributed by atoms with Crippen LogP contribution in [0.5, 0.6) is 0 Å². The second-order valence-corrected chi connectivity index (χ2v) is 6.06. The number of hydrogen-bond donors (Lipinski definition) is 0. The predicted molar refractivity (Wildman–Crippen MR) is 84.2 cm³/mol. The molecule has 0 bridgehead atoms. The van der Waals surface area contributed by atoms with Crippen LogP contribution in [-0.4, -0.2) is 33.6 Å². The molecular weight excluding hydrogens is 306 g/mol. The van der Waals surface area contributed by atoms with Crippen molar-refractivity contribution in [2.75, 3.05) is 23.7 Å². The van der Waals surface area contributed by atoms with Gasteiger partial charge in [-0.05, 0) is 25.0 Å². The first kappa shape index (κ1) is 14.2. The molecule has 1 aliphatic rings. The molecule has 21 heavy (non-hydrogen) atoms. The van der Waals surface area contributed by atoms with Gasteiger partial charge in [0.05, 0.1) is 22.5 Å². The van der Waals surface area contributed by atoms with Crippen molar-refractivity contribution in [2.24, 2.45) is 0 Å². The van der Waals surface area contributed by atoms with Crippen LogP contribution in [0.4, 0.5) is 5.95 Å². The first-order chi connectivity index (χ1) is 10.3. The van der Waals surface area contributed by atoms with E-state index in [1.54, 1.807) is 0 Å². The maximum Gasteiger partial charge on any atom is 0.232 e. The standard InChI is InChI=1S/C14H14ClN5S/c15-11-5-1-2-6-12(11)20-13(19-8-3-4-9-19)17-18-14(20)21-10-7-16/h1-2,5-6H,3-4,8-10H2. The quantitative estimate of drug-likeness (QED) is 0.810. The van der Waals surface area contributed by atoms with Gasteiger partial charge in [0.2, 0.25) is 5.95 Å². The lowest BCUT2D eigenvalue weighted by Gasteiger charge is -2.18. The molecule has 0 spiro atoms. The highest BCUT2D eigenvalue weighted by Gasteiger charge is 2.23. The van der Waals surface area contributed by atoms with Gasteiger partial charge in [-0.25, -0.2) is 0 Å². The van der Waals surface area contributed by atoms with E-state index in [0.717, 1.165) is 37.6 Å². The fourth-order valence-electron chi connectivity index (χ4n) is 2.42. The first-order valence-electron chi connectivity index (χ1n) is 6.76. The number of halogens is 1. The van der Waals surface area contributed by atoms with Gasteiger partial charge in [0, 0.05) is 13.1 Å². The van der Waals surface area contributed by atoms with Crippen molar-refractivity contribution in [3.05, 3.63) is 29.3 Å². The Morgan fingerprint density at radius 1 is 1.24 bits per heavy atom. The van der Waals surface area contributed by atoms with Gasteiger partial charge in [0.25, 0.3) is 0 Å². The van der Waals surface area contributed by atoms with Gasteiger partial charge in [-0.15, -0.1) is 10.2 Å². The molecule has 2 heterocycles. The summed E-state index contributed by atoms with van der Waals surface area (Å²) in [6, 6.07) is 9.76. The maximum atomic E-state index is 8.80. The van der Waals surface area contributed by atoms with Crippen molar-refractivity contribution in [3.8, 4) is 11.8 Å². The van der Waals surface area contributed by atoms with E-state index in [4.69, 9.17) is 16.9 Å². The van der Waals surface area contributed by atoms with Crippen LogP contribution in [0.2, 0.25) is 5.02 Å². The van der Waals surface area contributed by atoms with Crippen LogP contribution in [0, 0.1) is 11.3 Å². The SMILES string of the molecule is N#CCSc1nnc(N2CCCC2)n1-c1ccccc1Cl. The third kappa shape index (κ3) is 2.85. The lowest BCUT2D eigenvalue weighted by molar-refractivity contribution is 0.842. The van der Waals surface area contributed by atoms with E-state index in [1.165, 1.54) is 11.8 Å². The maximum absolute atomic E-state index is 8.80. The minimum Gasteiger partial charge on any atom is -0.341 e. The number of hydrogen-bond acceptors (Lipinski definition) is 5. The Hall–Kier alpha value is -1.71. The molecule has 1 aromatic carbocycles. The van der Waals surface area contributed by atoms with Crippen LogP contribution in [0.25, 0.3) is 5.69 Å². The molecule has 0 N–H and O–H groups in total. The Morgan fingerprint density at radius 2 is 2.00 bits per heavy atom. The smallest absolute Gasteiger partial charge is 0.232 e. The van der Waals surface area contributed by atoms with Crippen molar-refractivity contribution in [3.63, 3.8) is 0 Å². The summed E-state index contributed by atoms with van der Waals surface area (Å²) in [4.78, 5) is 2.22. The largest absolute Gasteiger partial charge is 0.341 e. The Labute approximate surface area is 132 Å². The lowest BCUT2D eigenvalue weighted by Crippen LogP contribution is -2.22. The van der Waals surface area contributed by atoms with Crippen molar-refractivity contribution in [1.82, 2.24) is 14.8 Å². The molecular formula is C14H14ClN5S. The molecule has 7 heteroatoms. The van der Waals surface area contributed by atoms with Crippen LogP contribution in [0.3, 0.4) is 0 Å². The molecule has 0 radical (unpaired) electrons. The van der Waals surface area contributed by atoms with Crippen molar-refractivity contribution >= 4 is 29.3 Å². The number of aromatic nitrogens is 3. The highest BCUT2D eigenvalue weighted by Crippen LogP contribution is 2.31. The Balaban J connectivity index is 2.07. The van der Waals surface area contributed by atoms with Crippen molar-refractivity contribution in [1.29, 1.82) is 5.26 Å². The normalized spacial score (nSPS) is 14.4. The highest BCUT2D eigenvalue weighted by molar-refractivity contribution is 7.99. The van der Waals surface area contributed by atoms with Crippen LogP contribution in [0.15, 0.2) is 29.4 Å². The number of para-hydroxylation sites is 1. The molecule has 1 aromatic heterocycles. The number of nitriles is 1. The number of rotatable bonds is 4. The summed E-state index contributed by atoms with van der Waals surface area (Å²) in [6.45, 7) is 1.96. The minimum atomic E-state index is 0.336. The van der Waals surface area contributed by atoms with E-state index < -0.39 is 0 Å². The zero-order valence-corrected chi connectivity index (χ0v) is 12.9. The van der Waals surface area contributed by atoms with Gasteiger partial charge in [-0.2, -0.15) is 5.26 Å². The van der Waals surface area contributed by atoms with E-state index in [2.05, 4.69) is 21.2 Å². The summed E-state index contributed by atoms with van der Waals surface area (Å²) in [5.41, 5.74) is 0.853. The Bertz CT molecular complexity index is 672. The molecule has 3 rings (SSSR count). The third-order valence-electron chi connectivity index (χ3n) is 3.36. The summed E-state index contributed by atoms with van der Waals surface area (Å²) >= 11 is 7.70. The molecule has 5 nitrogen and oxygen atoms in total. The summed E-state index contributed by atoms with van der Waals surface area (Å²) in [5, 5.41) is 18.7. The molecule has 1 aliphatic heterocycles. The van der Waals surface area contributed by atoms with E-state index in [0.29, 0.717) is 15.9 Å². The first-order valence-corrected chi connectivity index (χ1v) is 8.12. The fourth-order valence-corrected chi connectivity index (χ4v) is 3.24. The van der Waals surface area contributed by atoms with Gasteiger partial charge in [0.1, 0.15) is 0 Å². The highest BCUT2D eigenvalue weighted by atomic mass is 35.5. The third-order valence-corrected chi connectivity index (χ3v) is 4.48. The van der Waals surface area contributed by atoms with Crippen LogP contribution in [-0.2, 0) is 0 Å². The number of benzene rings is 1. The Kier molecular flexibility index (Phi) is 4.32. The minimum absolute atomic E-state index is 0.336.